The summed E-state index contributed by atoms with van der Waals surface area (Å²) in [6, 6.07) is 0. The Bertz CT molecular complexity index is 142. The number of hydrogen-bond donors (Lipinski definition) is 0. The topological polar surface area (TPSA) is 23.1 Å². The number of fused-ring (bicyclic) bond motifs is 2. The van der Waals surface area contributed by atoms with Gasteiger partial charge in [-0.05, 0) is 31.1 Å². The molecule has 2 atom stereocenters. The molecule has 0 N–H and O–H groups in total. The Labute approximate surface area is 67.3 Å². The fraction of sp³-hybridized carbons (Fsp3) is 0.714. The predicted octanol–water partition coefficient (Wildman–Crippen LogP) is -2.34. The molecule has 0 radical (unpaired) electrons. The second kappa shape index (κ2) is 2.40. The first-order chi connectivity index (χ1) is 3.86. The molecule has 0 aromatic heterocycles. The Kier molecular flexibility index (Phi) is 1.93. The smallest absolute Gasteiger partial charge is 0.875 e. The van der Waals surface area contributed by atoms with Crippen molar-refractivity contribution < 1.29 is 24.0 Å². The monoisotopic (exact) mass is 116 g/mol. The van der Waals surface area contributed by atoms with Crippen LogP contribution in [0, 0.1) is 11.8 Å². The van der Waals surface area contributed by atoms with Gasteiger partial charge in [0, 0.05) is 0 Å². The summed E-state index contributed by atoms with van der Waals surface area (Å²) in [5.74, 6) is 1.54. The van der Waals surface area contributed by atoms with Crippen LogP contribution in [-0.2, 0) is 0 Å². The molecule has 2 heteroatoms. The van der Waals surface area contributed by atoms with Crippen molar-refractivity contribution >= 4 is 0 Å². The van der Waals surface area contributed by atoms with Gasteiger partial charge in [-0.15, -0.1) is 5.76 Å². The fourth-order valence-electron chi connectivity index (χ4n) is 1.79. The van der Waals surface area contributed by atoms with E-state index in [-0.39, 0.29) is 18.9 Å². The molecule has 9 heavy (non-hydrogen) atoms. The number of allylic oxidation sites excluding steroid dienone is 2. The summed E-state index contributed by atoms with van der Waals surface area (Å²) in [6.45, 7) is 0. The van der Waals surface area contributed by atoms with E-state index in [2.05, 4.69) is 0 Å². The van der Waals surface area contributed by atoms with Crippen molar-refractivity contribution in [3.8, 4) is 0 Å². The van der Waals surface area contributed by atoms with Crippen LogP contribution in [0.1, 0.15) is 19.3 Å². The van der Waals surface area contributed by atoms with E-state index in [0.717, 1.165) is 0 Å². The van der Waals surface area contributed by atoms with Gasteiger partial charge in [0.25, 0.3) is 0 Å². The van der Waals surface area contributed by atoms with E-state index >= 15 is 0 Å². The van der Waals surface area contributed by atoms with E-state index < -0.39 is 0 Å². The van der Waals surface area contributed by atoms with Gasteiger partial charge in [-0.25, -0.2) is 0 Å². The standard InChI is InChI=1S/C7H10O.Li/c8-7-4-5-1-2-6(7)3-5;/h4-6,8H,1-3H2;/q;+1/p-1. The maximum atomic E-state index is 10.8. The first kappa shape index (κ1) is 7.25. The Hall–Kier alpha value is 0.137. The average Bonchev–Trinajstić information content (AvgIpc) is 2.23. The molecule has 0 saturated heterocycles. The third-order valence-electron chi connectivity index (χ3n) is 2.28. The SMILES string of the molecule is [Li+].[O-]C1=CC2CCC1C2. The molecule has 44 valence electrons. The summed E-state index contributed by atoms with van der Waals surface area (Å²) >= 11 is 0. The van der Waals surface area contributed by atoms with Gasteiger partial charge in [-0.3, -0.25) is 0 Å². The maximum absolute atomic E-state index is 10.8. The van der Waals surface area contributed by atoms with Crippen molar-refractivity contribution in [1.82, 2.24) is 0 Å². The maximum Gasteiger partial charge on any atom is 1.00 e. The Morgan fingerprint density at radius 2 is 2.22 bits per heavy atom. The molecular formula is C7H9LiO. The van der Waals surface area contributed by atoms with Gasteiger partial charge >= 0.3 is 18.9 Å². The minimum absolute atomic E-state index is 0. The molecule has 0 aromatic carbocycles. The molecule has 2 bridgehead atoms. The second-order valence-electron chi connectivity index (χ2n) is 2.84. The van der Waals surface area contributed by atoms with Crippen LogP contribution in [0.4, 0.5) is 0 Å². The minimum Gasteiger partial charge on any atom is -0.875 e. The molecule has 2 aliphatic carbocycles. The van der Waals surface area contributed by atoms with E-state index in [4.69, 9.17) is 0 Å². The molecule has 2 aliphatic rings. The van der Waals surface area contributed by atoms with Gasteiger partial charge in [-0.2, -0.15) is 0 Å². The third kappa shape index (κ3) is 1.04. The molecule has 0 heterocycles. The molecule has 1 nitrogen and oxygen atoms in total. The zero-order valence-electron chi connectivity index (χ0n) is 5.76. The first-order valence-electron chi connectivity index (χ1n) is 3.25. The van der Waals surface area contributed by atoms with Crippen LogP contribution in [0.15, 0.2) is 11.8 Å². The zero-order valence-corrected chi connectivity index (χ0v) is 5.76. The zero-order chi connectivity index (χ0) is 5.56. The molecule has 1 saturated carbocycles. The quantitative estimate of drug-likeness (QED) is 0.325. The van der Waals surface area contributed by atoms with Gasteiger partial charge in [0.05, 0.1) is 0 Å². The third-order valence-corrected chi connectivity index (χ3v) is 2.28. The second-order valence-corrected chi connectivity index (χ2v) is 2.84. The summed E-state index contributed by atoms with van der Waals surface area (Å²) in [5.41, 5.74) is 0. The van der Waals surface area contributed by atoms with Crippen molar-refractivity contribution in [1.29, 1.82) is 0 Å². The Balaban J connectivity index is 0.000000405. The van der Waals surface area contributed by atoms with Crippen molar-refractivity contribution in [2.45, 2.75) is 19.3 Å². The molecule has 0 aromatic rings. The normalized spacial score (nSPS) is 38.0. The van der Waals surface area contributed by atoms with Gasteiger partial charge in [0.15, 0.2) is 0 Å². The van der Waals surface area contributed by atoms with Crippen LogP contribution in [-0.4, -0.2) is 0 Å². The van der Waals surface area contributed by atoms with Gasteiger partial charge in [0.2, 0.25) is 0 Å². The molecule has 0 aliphatic heterocycles. The average molecular weight is 116 g/mol. The Morgan fingerprint density at radius 1 is 1.44 bits per heavy atom. The minimum atomic E-state index is 0. The van der Waals surface area contributed by atoms with Crippen molar-refractivity contribution in [2.75, 3.05) is 0 Å². The molecule has 2 rings (SSSR count). The summed E-state index contributed by atoms with van der Waals surface area (Å²) in [7, 11) is 0. The summed E-state index contributed by atoms with van der Waals surface area (Å²) in [4.78, 5) is 0. The van der Waals surface area contributed by atoms with E-state index in [1.165, 1.54) is 19.3 Å². The van der Waals surface area contributed by atoms with Crippen LogP contribution in [0.2, 0.25) is 0 Å². The molecule has 2 unspecified atom stereocenters. The van der Waals surface area contributed by atoms with Gasteiger partial charge in [0.1, 0.15) is 0 Å². The predicted molar refractivity (Wildman–Crippen MR) is 28.9 cm³/mol. The van der Waals surface area contributed by atoms with E-state index in [1.54, 1.807) is 0 Å². The van der Waals surface area contributed by atoms with Gasteiger partial charge < -0.3 is 5.11 Å². The van der Waals surface area contributed by atoms with Crippen LogP contribution >= 0.6 is 0 Å². The number of rotatable bonds is 0. The Morgan fingerprint density at radius 3 is 2.44 bits per heavy atom. The van der Waals surface area contributed by atoms with Crippen molar-refractivity contribution in [3.05, 3.63) is 11.8 Å². The molecular weight excluding hydrogens is 107 g/mol. The largest absolute Gasteiger partial charge is 1.00 e. The van der Waals surface area contributed by atoms with E-state index in [9.17, 15) is 5.11 Å². The first-order valence-corrected chi connectivity index (χ1v) is 3.25. The van der Waals surface area contributed by atoms with Crippen LogP contribution in [0.3, 0.4) is 0 Å². The fourth-order valence-corrected chi connectivity index (χ4v) is 1.79. The summed E-state index contributed by atoms with van der Waals surface area (Å²) in [5, 5.41) is 10.8. The van der Waals surface area contributed by atoms with Crippen LogP contribution in [0.5, 0.6) is 0 Å². The molecule has 1 fully saturated rings. The van der Waals surface area contributed by atoms with Crippen molar-refractivity contribution in [2.24, 2.45) is 11.8 Å². The number of hydrogen-bond acceptors (Lipinski definition) is 1. The summed E-state index contributed by atoms with van der Waals surface area (Å²) in [6.07, 6.45) is 5.52. The van der Waals surface area contributed by atoms with Gasteiger partial charge in [-0.1, -0.05) is 6.08 Å². The van der Waals surface area contributed by atoms with Crippen molar-refractivity contribution in [3.63, 3.8) is 0 Å². The van der Waals surface area contributed by atoms with E-state index in [1.807, 2.05) is 6.08 Å². The van der Waals surface area contributed by atoms with Crippen LogP contribution in [0.25, 0.3) is 0 Å². The van der Waals surface area contributed by atoms with Crippen LogP contribution < -0.4 is 24.0 Å². The molecule has 0 spiro atoms. The summed E-state index contributed by atoms with van der Waals surface area (Å²) < 4.78 is 0. The van der Waals surface area contributed by atoms with E-state index in [0.29, 0.717) is 17.6 Å². The molecule has 0 amide bonds.